The largest absolute Gasteiger partial charge is 0.313 e. The topological polar surface area (TPSA) is 30.7 Å². The van der Waals surface area contributed by atoms with E-state index < -0.39 is 0 Å². The molecule has 3 nitrogen and oxygen atoms in total. The second-order valence-electron chi connectivity index (χ2n) is 6.97. The van der Waals surface area contributed by atoms with E-state index >= 15 is 0 Å². The van der Waals surface area contributed by atoms with E-state index in [1.165, 1.54) is 50.8 Å². The summed E-state index contributed by atoms with van der Waals surface area (Å²) in [7, 11) is 0. The highest BCUT2D eigenvalue weighted by Crippen LogP contribution is 2.37. The Labute approximate surface area is 134 Å². The van der Waals surface area contributed by atoms with Gasteiger partial charge in [0, 0.05) is 12.5 Å². The number of halogens is 1. The van der Waals surface area contributed by atoms with Gasteiger partial charge in [0.15, 0.2) is 0 Å². The van der Waals surface area contributed by atoms with Crippen LogP contribution in [0.15, 0.2) is 0 Å². The molecule has 0 amide bonds. The van der Waals surface area contributed by atoms with Gasteiger partial charge in [0.2, 0.25) is 0 Å². The molecule has 4 heteroatoms. The summed E-state index contributed by atoms with van der Waals surface area (Å²) in [5, 5.41) is 8.79. The summed E-state index contributed by atoms with van der Waals surface area (Å²) < 4.78 is 2.29. The molecule has 1 aromatic rings. The summed E-state index contributed by atoms with van der Waals surface area (Å²) in [5.41, 5.74) is 0. The van der Waals surface area contributed by atoms with E-state index in [-0.39, 0.29) is 0 Å². The minimum absolute atomic E-state index is 0.464. The second-order valence-corrected chi connectivity index (χ2v) is 7.24. The van der Waals surface area contributed by atoms with Crippen molar-refractivity contribution in [2.75, 3.05) is 0 Å². The number of hydrogen-bond acceptors (Lipinski definition) is 2. The molecule has 0 N–H and O–H groups in total. The van der Waals surface area contributed by atoms with Crippen molar-refractivity contribution >= 4 is 11.6 Å². The van der Waals surface area contributed by atoms with E-state index in [4.69, 9.17) is 11.6 Å². The maximum Gasteiger partial charge on any atom is 0.147 e. The van der Waals surface area contributed by atoms with Crippen LogP contribution in [0.1, 0.15) is 83.3 Å². The highest BCUT2D eigenvalue weighted by molar-refractivity contribution is 6.16. The smallest absolute Gasteiger partial charge is 0.147 e. The molecule has 0 aliphatic heterocycles. The first-order valence-electron chi connectivity index (χ1n) is 8.63. The van der Waals surface area contributed by atoms with Crippen LogP contribution in [-0.2, 0) is 12.4 Å². The highest BCUT2D eigenvalue weighted by Gasteiger charge is 2.27. The Bertz CT molecular complexity index is 420. The average molecular weight is 312 g/mol. The molecule has 1 aromatic heterocycles. The molecule has 2 rings (SSSR count). The van der Waals surface area contributed by atoms with Crippen molar-refractivity contribution in [1.29, 1.82) is 0 Å². The summed E-state index contributed by atoms with van der Waals surface area (Å²) in [4.78, 5) is 0. The maximum absolute atomic E-state index is 6.02. The van der Waals surface area contributed by atoms with Crippen LogP contribution >= 0.6 is 11.6 Å². The first-order valence-corrected chi connectivity index (χ1v) is 9.17. The van der Waals surface area contributed by atoms with Crippen molar-refractivity contribution < 1.29 is 0 Å². The Kier molecular flexibility index (Phi) is 6.53. The van der Waals surface area contributed by atoms with Crippen LogP contribution in [0.2, 0.25) is 0 Å². The van der Waals surface area contributed by atoms with E-state index in [2.05, 4.69) is 35.5 Å². The monoisotopic (exact) mass is 311 g/mol. The van der Waals surface area contributed by atoms with Gasteiger partial charge < -0.3 is 4.57 Å². The molecule has 0 atom stereocenters. The van der Waals surface area contributed by atoms with Gasteiger partial charge >= 0.3 is 0 Å². The number of hydrogen-bond donors (Lipinski definition) is 0. The zero-order valence-corrected chi connectivity index (χ0v) is 14.6. The lowest BCUT2D eigenvalue weighted by Crippen LogP contribution is -2.19. The van der Waals surface area contributed by atoms with Crippen molar-refractivity contribution in [2.45, 2.75) is 84.1 Å². The van der Waals surface area contributed by atoms with Crippen LogP contribution in [0, 0.1) is 11.8 Å². The summed E-state index contributed by atoms with van der Waals surface area (Å²) >= 11 is 6.02. The third-order valence-corrected chi connectivity index (χ3v) is 4.94. The zero-order chi connectivity index (χ0) is 15.2. The lowest BCUT2D eigenvalue weighted by Gasteiger charge is -2.28. The molecule has 1 aliphatic carbocycles. The van der Waals surface area contributed by atoms with E-state index in [1.807, 2.05) is 0 Å². The minimum atomic E-state index is 0.464. The summed E-state index contributed by atoms with van der Waals surface area (Å²) in [5.74, 6) is 4.72. The Hall–Kier alpha value is -0.570. The van der Waals surface area contributed by atoms with Crippen molar-refractivity contribution in [2.24, 2.45) is 11.8 Å². The molecule has 1 heterocycles. The van der Waals surface area contributed by atoms with Crippen LogP contribution in [-0.4, -0.2) is 14.8 Å². The fourth-order valence-corrected chi connectivity index (χ4v) is 3.71. The van der Waals surface area contributed by atoms with Gasteiger partial charge in [-0.25, -0.2) is 0 Å². The summed E-state index contributed by atoms with van der Waals surface area (Å²) in [6, 6.07) is 0. The van der Waals surface area contributed by atoms with Gasteiger partial charge in [0.1, 0.15) is 11.6 Å². The predicted octanol–water partition coefficient (Wildman–Crippen LogP) is 5.14. The molecule has 21 heavy (non-hydrogen) atoms. The first kappa shape index (κ1) is 16.8. The fourth-order valence-electron chi connectivity index (χ4n) is 3.52. The van der Waals surface area contributed by atoms with Crippen LogP contribution in [0.25, 0.3) is 0 Å². The molecule has 0 radical (unpaired) electrons. The molecule has 0 aromatic carbocycles. The Balaban J connectivity index is 2.01. The summed E-state index contributed by atoms with van der Waals surface area (Å²) in [6.45, 7) is 7.75. The third kappa shape index (κ3) is 4.45. The standard InChI is InChI=1S/C17H30ClN3/c1-4-5-6-14-7-9-15(10-8-14)17-20-19-16(11-18)21(17)12-13(2)3/h13-15H,4-12H2,1-3H3. The quantitative estimate of drug-likeness (QED) is 0.653. The molecule has 1 fully saturated rings. The van der Waals surface area contributed by atoms with Crippen LogP contribution < -0.4 is 0 Å². The molecular formula is C17H30ClN3. The maximum atomic E-state index is 6.02. The Morgan fingerprint density at radius 1 is 1.19 bits per heavy atom. The SMILES string of the molecule is CCCCC1CCC(c2nnc(CCl)n2CC(C)C)CC1. The van der Waals surface area contributed by atoms with Gasteiger partial charge in [-0.3, -0.25) is 0 Å². The van der Waals surface area contributed by atoms with Gasteiger partial charge in [0.05, 0.1) is 5.88 Å². The normalized spacial score (nSPS) is 22.9. The van der Waals surface area contributed by atoms with Gasteiger partial charge in [0.25, 0.3) is 0 Å². The number of aromatic nitrogens is 3. The van der Waals surface area contributed by atoms with Crippen molar-refractivity contribution in [3.05, 3.63) is 11.6 Å². The van der Waals surface area contributed by atoms with Gasteiger partial charge in [-0.15, -0.1) is 21.8 Å². The van der Waals surface area contributed by atoms with E-state index in [0.29, 0.717) is 17.7 Å². The lowest BCUT2D eigenvalue weighted by atomic mass is 9.79. The lowest BCUT2D eigenvalue weighted by molar-refractivity contribution is 0.292. The van der Waals surface area contributed by atoms with Gasteiger partial charge in [-0.1, -0.05) is 40.0 Å². The molecule has 1 aliphatic rings. The van der Waals surface area contributed by atoms with Crippen LogP contribution in [0.4, 0.5) is 0 Å². The van der Waals surface area contributed by atoms with Gasteiger partial charge in [-0.2, -0.15) is 0 Å². The number of alkyl halides is 1. The number of unbranched alkanes of at least 4 members (excludes halogenated alkanes) is 1. The summed E-state index contributed by atoms with van der Waals surface area (Å²) in [6.07, 6.45) is 9.37. The predicted molar refractivity (Wildman–Crippen MR) is 88.6 cm³/mol. The van der Waals surface area contributed by atoms with Crippen LogP contribution in [0.5, 0.6) is 0 Å². The molecule has 0 spiro atoms. The molecule has 0 unspecified atom stereocenters. The molecule has 120 valence electrons. The fraction of sp³-hybridized carbons (Fsp3) is 0.882. The number of nitrogens with zero attached hydrogens (tertiary/aromatic N) is 3. The number of rotatable bonds is 7. The Morgan fingerprint density at radius 2 is 1.90 bits per heavy atom. The van der Waals surface area contributed by atoms with Crippen molar-refractivity contribution in [1.82, 2.24) is 14.8 Å². The average Bonchev–Trinajstić information content (AvgIpc) is 2.87. The van der Waals surface area contributed by atoms with Gasteiger partial charge in [-0.05, 0) is 37.5 Å². The van der Waals surface area contributed by atoms with E-state index in [9.17, 15) is 0 Å². The molecule has 0 bridgehead atoms. The van der Waals surface area contributed by atoms with E-state index in [1.54, 1.807) is 0 Å². The second kappa shape index (κ2) is 8.17. The third-order valence-electron chi connectivity index (χ3n) is 4.70. The Morgan fingerprint density at radius 3 is 2.48 bits per heavy atom. The molecular weight excluding hydrogens is 282 g/mol. The van der Waals surface area contributed by atoms with Crippen molar-refractivity contribution in [3.8, 4) is 0 Å². The van der Waals surface area contributed by atoms with Crippen molar-refractivity contribution in [3.63, 3.8) is 0 Å². The molecule has 1 saturated carbocycles. The zero-order valence-electron chi connectivity index (χ0n) is 13.8. The highest BCUT2D eigenvalue weighted by atomic mass is 35.5. The minimum Gasteiger partial charge on any atom is -0.313 e. The van der Waals surface area contributed by atoms with E-state index in [0.717, 1.165) is 18.3 Å². The first-order chi connectivity index (χ1) is 10.2. The molecule has 0 saturated heterocycles. The van der Waals surface area contributed by atoms with Crippen LogP contribution in [0.3, 0.4) is 0 Å².